The highest BCUT2D eigenvalue weighted by Gasteiger charge is 2.34. The van der Waals surface area contributed by atoms with E-state index < -0.39 is 0 Å². The van der Waals surface area contributed by atoms with Crippen LogP contribution in [0.1, 0.15) is 59.8 Å². The van der Waals surface area contributed by atoms with Gasteiger partial charge in [-0.3, -0.25) is 9.79 Å². The van der Waals surface area contributed by atoms with Crippen molar-refractivity contribution < 1.29 is 4.79 Å². The summed E-state index contributed by atoms with van der Waals surface area (Å²) in [5.74, 6) is 1.05. The molecule has 6 heteroatoms. The third-order valence-electron chi connectivity index (χ3n) is 4.83. The van der Waals surface area contributed by atoms with Crippen LogP contribution in [-0.2, 0) is 4.79 Å². The molecule has 0 heterocycles. The zero-order valence-corrected chi connectivity index (χ0v) is 17.6. The first kappa shape index (κ1) is 22.5. The van der Waals surface area contributed by atoms with Gasteiger partial charge in [0.1, 0.15) is 0 Å². The summed E-state index contributed by atoms with van der Waals surface area (Å²) in [7, 11) is 0. The Hall–Kier alpha value is -0.530. The van der Waals surface area contributed by atoms with Crippen LogP contribution < -0.4 is 10.6 Å². The van der Waals surface area contributed by atoms with E-state index in [1.165, 1.54) is 25.7 Å². The topological polar surface area (TPSA) is 56.7 Å². The average molecular weight is 438 g/mol. The fourth-order valence-electron chi connectivity index (χ4n) is 2.91. The Morgan fingerprint density at radius 3 is 2.22 bits per heavy atom. The fraction of sp³-hybridized carbons (Fsp3) is 0.882. The van der Waals surface area contributed by atoms with Gasteiger partial charge in [-0.25, -0.2) is 0 Å². The van der Waals surface area contributed by atoms with Crippen molar-refractivity contribution in [2.45, 2.75) is 59.8 Å². The monoisotopic (exact) mass is 438 g/mol. The Balaban J connectivity index is 0.00000484. The van der Waals surface area contributed by atoms with E-state index in [1.54, 1.807) is 0 Å². The van der Waals surface area contributed by atoms with Crippen molar-refractivity contribution in [2.75, 3.05) is 32.7 Å². The number of carbonyl (C=O) groups is 1. The maximum atomic E-state index is 12.0. The Labute approximate surface area is 159 Å². The van der Waals surface area contributed by atoms with Gasteiger partial charge in [0.05, 0.1) is 0 Å². The van der Waals surface area contributed by atoms with Crippen molar-refractivity contribution in [1.29, 1.82) is 0 Å². The molecule has 1 saturated carbocycles. The Morgan fingerprint density at radius 1 is 1.13 bits per heavy atom. The highest BCUT2D eigenvalue weighted by molar-refractivity contribution is 14.0. The van der Waals surface area contributed by atoms with E-state index in [9.17, 15) is 4.79 Å². The third-order valence-corrected chi connectivity index (χ3v) is 4.83. The second kappa shape index (κ2) is 11.9. The molecule has 0 radical (unpaired) electrons. The first-order valence-electron chi connectivity index (χ1n) is 8.90. The predicted octanol–water partition coefficient (Wildman–Crippen LogP) is 3.00. The largest absolute Gasteiger partial charge is 0.357 e. The highest BCUT2D eigenvalue weighted by Crippen LogP contribution is 2.43. The molecule has 23 heavy (non-hydrogen) atoms. The first-order valence-corrected chi connectivity index (χ1v) is 8.90. The van der Waals surface area contributed by atoms with Crippen LogP contribution in [-0.4, -0.2) is 49.5 Å². The van der Waals surface area contributed by atoms with Gasteiger partial charge in [0, 0.05) is 39.1 Å². The summed E-state index contributed by atoms with van der Waals surface area (Å²) in [5, 5.41) is 6.56. The molecular formula is C17H35IN4O. The van der Waals surface area contributed by atoms with Crippen LogP contribution in [0.5, 0.6) is 0 Å². The Kier molecular flexibility index (Phi) is 11.6. The van der Waals surface area contributed by atoms with Crippen molar-refractivity contribution in [1.82, 2.24) is 15.5 Å². The minimum atomic E-state index is 0. The summed E-state index contributed by atoms with van der Waals surface area (Å²) in [6, 6.07) is 0. The van der Waals surface area contributed by atoms with Gasteiger partial charge in [-0.2, -0.15) is 0 Å². The molecule has 5 nitrogen and oxygen atoms in total. The molecule has 1 amide bonds. The number of guanidine groups is 1. The SMILES string of the molecule is CCNC(=NCC1(CC)CCC1)NCCC(=O)N(CC)CC.I. The predicted molar refractivity (Wildman–Crippen MR) is 109 cm³/mol. The molecule has 0 unspecified atom stereocenters. The first-order chi connectivity index (χ1) is 10.6. The van der Waals surface area contributed by atoms with E-state index in [1.807, 2.05) is 18.7 Å². The van der Waals surface area contributed by atoms with E-state index in [-0.39, 0.29) is 29.9 Å². The number of hydrogen-bond donors (Lipinski definition) is 2. The number of nitrogens with zero attached hydrogens (tertiary/aromatic N) is 2. The highest BCUT2D eigenvalue weighted by atomic mass is 127. The van der Waals surface area contributed by atoms with E-state index in [4.69, 9.17) is 4.99 Å². The van der Waals surface area contributed by atoms with Crippen molar-refractivity contribution in [3.8, 4) is 0 Å². The van der Waals surface area contributed by atoms with Gasteiger partial charge in [-0.05, 0) is 45.4 Å². The standard InChI is InChI=1S/C17H34N4O.HI/c1-5-17(11-9-12-17)14-20-16(18-6-2)19-13-10-15(22)21(7-3)8-4;/h5-14H2,1-4H3,(H2,18,19,20);1H. The van der Waals surface area contributed by atoms with Crippen LogP contribution in [0.15, 0.2) is 4.99 Å². The van der Waals surface area contributed by atoms with Gasteiger partial charge < -0.3 is 15.5 Å². The lowest BCUT2D eigenvalue weighted by Crippen LogP contribution is -2.41. The maximum Gasteiger partial charge on any atom is 0.224 e. The minimum absolute atomic E-state index is 0. The lowest BCUT2D eigenvalue weighted by atomic mass is 9.67. The van der Waals surface area contributed by atoms with Gasteiger partial charge in [-0.1, -0.05) is 13.3 Å². The van der Waals surface area contributed by atoms with E-state index >= 15 is 0 Å². The molecule has 0 aromatic carbocycles. The van der Waals surface area contributed by atoms with Crippen molar-refractivity contribution in [2.24, 2.45) is 10.4 Å². The molecular weight excluding hydrogens is 403 g/mol. The quantitative estimate of drug-likeness (QED) is 0.331. The van der Waals surface area contributed by atoms with Gasteiger partial charge in [0.2, 0.25) is 5.91 Å². The zero-order valence-electron chi connectivity index (χ0n) is 15.3. The summed E-state index contributed by atoms with van der Waals surface area (Å²) in [5.41, 5.74) is 0.430. The molecule has 0 saturated heterocycles. The van der Waals surface area contributed by atoms with Gasteiger partial charge in [-0.15, -0.1) is 24.0 Å². The van der Waals surface area contributed by atoms with Crippen molar-refractivity contribution >= 4 is 35.8 Å². The lowest BCUT2D eigenvalue weighted by Gasteiger charge is -2.40. The van der Waals surface area contributed by atoms with Crippen LogP contribution >= 0.6 is 24.0 Å². The molecule has 1 fully saturated rings. The Morgan fingerprint density at radius 2 is 1.78 bits per heavy atom. The van der Waals surface area contributed by atoms with Crippen molar-refractivity contribution in [3.05, 3.63) is 0 Å². The molecule has 0 bridgehead atoms. The van der Waals surface area contributed by atoms with Crippen LogP contribution in [0.4, 0.5) is 0 Å². The molecule has 1 aliphatic rings. The summed E-state index contributed by atoms with van der Waals surface area (Å²) in [6.45, 7) is 12.3. The van der Waals surface area contributed by atoms with Crippen molar-refractivity contribution in [3.63, 3.8) is 0 Å². The molecule has 1 rings (SSSR count). The van der Waals surface area contributed by atoms with Gasteiger partial charge >= 0.3 is 0 Å². The summed E-state index contributed by atoms with van der Waals surface area (Å²) < 4.78 is 0. The number of nitrogens with one attached hydrogen (secondary N) is 2. The third kappa shape index (κ3) is 7.27. The zero-order chi connectivity index (χ0) is 16.4. The molecule has 136 valence electrons. The summed E-state index contributed by atoms with van der Waals surface area (Å²) in [6.07, 6.45) is 5.66. The lowest BCUT2D eigenvalue weighted by molar-refractivity contribution is -0.130. The van der Waals surface area contributed by atoms with Crippen LogP contribution in [0, 0.1) is 5.41 Å². The Bertz CT molecular complexity index is 360. The van der Waals surface area contributed by atoms with Crippen LogP contribution in [0.3, 0.4) is 0 Å². The fourth-order valence-corrected chi connectivity index (χ4v) is 2.91. The van der Waals surface area contributed by atoms with E-state index in [0.717, 1.165) is 32.1 Å². The summed E-state index contributed by atoms with van der Waals surface area (Å²) in [4.78, 5) is 18.6. The van der Waals surface area contributed by atoms with Crippen LogP contribution in [0.2, 0.25) is 0 Å². The molecule has 0 spiro atoms. The van der Waals surface area contributed by atoms with Gasteiger partial charge in [0.15, 0.2) is 5.96 Å². The number of aliphatic imine (C=N–C) groups is 1. The van der Waals surface area contributed by atoms with Crippen LogP contribution in [0.25, 0.3) is 0 Å². The number of carbonyl (C=O) groups excluding carboxylic acids is 1. The number of hydrogen-bond acceptors (Lipinski definition) is 2. The molecule has 0 aromatic rings. The molecule has 0 atom stereocenters. The molecule has 0 aromatic heterocycles. The summed E-state index contributed by atoms with van der Waals surface area (Å²) >= 11 is 0. The molecule has 2 N–H and O–H groups in total. The number of halogens is 1. The average Bonchev–Trinajstić information content (AvgIpc) is 2.47. The smallest absolute Gasteiger partial charge is 0.224 e. The van der Waals surface area contributed by atoms with E-state index in [0.29, 0.717) is 18.4 Å². The molecule has 1 aliphatic carbocycles. The number of amides is 1. The number of rotatable bonds is 9. The van der Waals surface area contributed by atoms with E-state index in [2.05, 4.69) is 24.5 Å². The molecule has 0 aliphatic heterocycles. The normalized spacial score (nSPS) is 16.1. The second-order valence-corrected chi connectivity index (χ2v) is 6.15. The minimum Gasteiger partial charge on any atom is -0.357 e. The maximum absolute atomic E-state index is 12.0. The second-order valence-electron chi connectivity index (χ2n) is 6.15. The van der Waals surface area contributed by atoms with Gasteiger partial charge in [0.25, 0.3) is 0 Å².